The molecule has 0 heterocycles. The normalized spacial score (nSPS) is 9.96. The lowest BCUT2D eigenvalue weighted by Gasteiger charge is -2.15. The van der Waals surface area contributed by atoms with Crippen molar-refractivity contribution in [1.29, 1.82) is 5.26 Å². The summed E-state index contributed by atoms with van der Waals surface area (Å²) in [6.45, 7) is 4.03. The van der Waals surface area contributed by atoms with Crippen molar-refractivity contribution in [2.24, 2.45) is 0 Å². The van der Waals surface area contributed by atoms with Crippen LogP contribution in [0.4, 0.5) is 5.69 Å². The van der Waals surface area contributed by atoms with E-state index in [1.165, 1.54) is 19.2 Å². The highest BCUT2D eigenvalue weighted by Gasteiger charge is 2.20. The van der Waals surface area contributed by atoms with E-state index in [0.717, 1.165) is 5.56 Å². The zero-order valence-electron chi connectivity index (χ0n) is 13.6. The average molecular weight is 345 g/mol. The number of amides is 1. The molecule has 2 aromatic carbocycles. The molecular weight excluding hydrogens is 328 g/mol. The first kappa shape index (κ1) is 17.6. The predicted molar refractivity (Wildman–Crippen MR) is 93.0 cm³/mol. The van der Waals surface area contributed by atoms with Crippen LogP contribution in [0.2, 0.25) is 5.02 Å². The van der Waals surface area contributed by atoms with Crippen LogP contribution in [0, 0.1) is 18.3 Å². The number of carbonyl (C=O) groups excluding carboxylic acids is 1. The van der Waals surface area contributed by atoms with E-state index in [1.54, 1.807) is 19.1 Å². The van der Waals surface area contributed by atoms with Gasteiger partial charge in [0.2, 0.25) is 0 Å². The minimum Gasteiger partial charge on any atom is -0.493 e. The third-order valence-corrected chi connectivity index (χ3v) is 3.62. The summed E-state index contributed by atoms with van der Waals surface area (Å²) in [5.74, 6) is 0.235. The summed E-state index contributed by atoms with van der Waals surface area (Å²) in [7, 11) is 1.46. The zero-order valence-corrected chi connectivity index (χ0v) is 14.4. The van der Waals surface area contributed by atoms with E-state index in [-0.39, 0.29) is 5.56 Å². The SMILES string of the molecule is CCOc1c(OC)cc(C#N)cc1C(=O)Nc1cc(Cl)ccc1C. The van der Waals surface area contributed by atoms with Crippen LogP contribution in [0.15, 0.2) is 30.3 Å². The Morgan fingerprint density at radius 3 is 2.71 bits per heavy atom. The molecule has 0 aliphatic carbocycles. The van der Waals surface area contributed by atoms with Gasteiger partial charge in [-0.1, -0.05) is 17.7 Å². The number of benzene rings is 2. The first-order valence-electron chi connectivity index (χ1n) is 7.32. The summed E-state index contributed by atoms with van der Waals surface area (Å²) >= 11 is 5.98. The fraction of sp³-hybridized carbons (Fsp3) is 0.222. The Morgan fingerprint density at radius 2 is 2.08 bits per heavy atom. The van der Waals surface area contributed by atoms with Gasteiger partial charge in [0.05, 0.1) is 30.9 Å². The Balaban J connectivity index is 2.47. The lowest BCUT2D eigenvalue weighted by molar-refractivity contribution is 0.102. The fourth-order valence-corrected chi connectivity index (χ4v) is 2.37. The first-order chi connectivity index (χ1) is 11.5. The van der Waals surface area contributed by atoms with Gasteiger partial charge in [-0.15, -0.1) is 0 Å². The largest absolute Gasteiger partial charge is 0.493 e. The fourth-order valence-electron chi connectivity index (χ4n) is 2.20. The lowest BCUT2D eigenvalue weighted by atomic mass is 10.1. The highest BCUT2D eigenvalue weighted by atomic mass is 35.5. The summed E-state index contributed by atoms with van der Waals surface area (Å²) < 4.78 is 10.8. The molecule has 0 unspecified atom stereocenters. The second kappa shape index (κ2) is 7.71. The number of nitrogens with one attached hydrogen (secondary N) is 1. The Bertz CT molecular complexity index is 813. The van der Waals surface area contributed by atoms with Crippen molar-refractivity contribution in [2.45, 2.75) is 13.8 Å². The van der Waals surface area contributed by atoms with Crippen molar-refractivity contribution in [1.82, 2.24) is 0 Å². The van der Waals surface area contributed by atoms with Gasteiger partial charge in [0.25, 0.3) is 5.91 Å². The molecule has 0 radical (unpaired) electrons. The summed E-state index contributed by atoms with van der Waals surface area (Å²) in [5.41, 5.74) is 2.00. The van der Waals surface area contributed by atoms with Crippen LogP contribution in [0.25, 0.3) is 0 Å². The Kier molecular flexibility index (Phi) is 5.67. The number of nitrogens with zero attached hydrogens (tertiary/aromatic N) is 1. The molecule has 0 aliphatic rings. The van der Waals surface area contributed by atoms with E-state index in [2.05, 4.69) is 5.32 Å². The Hall–Kier alpha value is -2.71. The molecule has 6 heteroatoms. The van der Waals surface area contributed by atoms with E-state index in [9.17, 15) is 4.79 Å². The molecular formula is C18H17ClN2O3. The van der Waals surface area contributed by atoms with Gasteiger partial charge in [0.1, 0.15) is 0 Å². The number of carbonyl (C=O) groups is 1. The van der Waals surface area contributed by atoms with Crippen molar-refractivity contribution >= 4 is 23.2 Å². The number of nitriles is 1. The molecule has 0 fully saturated rings. The molecule has 2 aromatic rings. The molecule has 0 aromatic heterocycles. The molecule has 0 bridgehead atoms. The van der Waals surface area contributed by atoms with Crippen LogP contribution in [0.1, 0.15) is 28.4 Å². The van der Waals surface area contributed by atoms with Gasteiger partial charge >= 0.3 is 0 Å². The van der Waals surface area contributed by atoms with Crippen LogP contribution in [0.5, 0.6) is 11.5 Å². The third-order valence-electron chi connectivity index (χ3n) is 3.38. The third kappa shape index (κ3) is 3.79. The van der Waals surface area contributed by atoms with Gasteiger partial charge in [-0.25, -0.2) is 0 Å². The van der Waals surface area contributed by atoms with Crippen molar-refractivity contribution < 1.29 is 14.3 Å². The average Bonchev–Trinajstić information content (AvgIpc) is 2.58. The standard InChI is InChI=1S/C18H17ClN2O3/c1-4-24-17-14(7-12(10-20)8-16(17)23-3)18(22)21-15-9-13(19)6-5-11(15)2/h5-9H,4H2,1-3H3,(H,21,22). The van der Waals surface area contributed by atoms with E-state index >= 15 is 0 Å². The number of anilines is 1. The molecule has 0 atom stereocenters. The summed E-state index contributed by atoms with van der Waals surface area (Å²) in [4.78, 5) is 12.7. The van der Waals surface area contributed by atoms with Crippen molar-refractivity contribution in [3.05, 3.63) is 52.0 Å². The number of methoxy groups -OCH3 is 1. The van der Waals surface area contributed by atoms with Gasteiger partial charge in [-0.05, 0) is 37.6 Å². The number of halogens is 1. The zero-order chi connectivity index (χ0) is 17.7. The van der Waals surface area contributed by atoms with Crippen LogP contribution in [-0.4, -0.2) is 19.6 Å². The minimum absolute atomic E-state index is 0.229. The second-order valence-electron chi connectivity index (χ2n) is 5.01. The summed E-state index contributed by atoms with van der Waals surface area (Å²) in [6.07, 6.45) is 0. The van der Waals surface area contributed by atoms with Crippen LogP contribution >= 0.6 is 11.6 Å². The van der Waals surface area contributed by atoms with E-state index < -0.39 is 5.91 Å². The quantitative estimate of drug-likeness (QED) is 0.883. The van der Waals surface area contributed by atoms with Gasteiger partial charge in [-0.3, -0.25) is 4.79 Å². The maximum absolute atomic E-state index is 12.7. The van der Waals surface area contributed by atoms with E-state index in [0.29, 0.717) is 34.4 Å². The maximum atomic E-state index is 12.7. The van der Waals surface area contributed by atoms with Crippen molar-refractivity contribution in [3.8, 4) is 17.6 Å². The maximum Gasteiger partial charge on any atom is 0.259 e. The first-order valence-corrected chi connectivity index (χ1v) is 7.70. The molecule has 2 rings (SSSR count). The van der Waals surface area contributed by atoms with Gasteiger partial charge in [-0.2, -0.15) is 5.26 Å². The van der Waals surface area contributed by atoms with Gasteiger partial charge < -0.3 is 14.8 Å². The minimum atomic E-state index is -0.404. The van der Waals surface area contributed by atoms with Crippen LogP contribution < -0.4 is 14.8 Å². The number of hydrogen-bond acceptors (Lipinski definition) is 4. The molecule has 0 saturated heterocycles. The van der Waals surface area contributed by atoms with E-state index in [4.69, 9.17) is 26.3 Å². The van der Waals surface area contributed by atoms with Gasteiger partial charge in [0, 0.05) is 16.8 Å². The Labute approximate surface area is 145 Å². The lowest BCUT2D eigenvalue weighted by Crippen LogP contribution is -2.15. The molecule has 5 nitrogen and oxygen atoms in total. The highest BCUT2D eigenvalue weighted by Crippen LogP contribution is 2.33. The van der Waals surface area contributed by atoms with Crippen LogP contribution in [0.3, 0.4) is 0 Å². The summed E-state index contributed by atoms with van der Waals surface area (Å²) in [5, 5.41) is 12.5. The van der Waals surface area contributed by atoms with Crippen molar-refractivity contribution in [2.75, 3.05) is 19.0 Å². The van der Waals surface area contributed by atoms with Crippen LogP contribution in [-0.2, 0) is 0 Å². The molecule has 0 saturated carbocycles. The molecule has 0 spiro atoms. The number of ether oxygens (including phenoxy) is 2. The van der Waals surface area contributed by atoms with Gasteiger partial charge in [0.15, 0.2) is 11.5 Å². The highest BCUT2D eigenvalue weighted by molar-refractivity contribution is 6.31. The van der Waals surface area contributed by atoms with E-state index in [1.807, 2.05) is 19.1 Å². The smallest absolute Gasteiger partial charge is 0.259 e. The number of rotatable bonds is 5. The molecule has 1 N–H and O–H groups in total. The Morgan fingerprint density at radius 1 is 1.33 bits per heavy atom. The second-order valence-corrected chi connectivity index (χ2v) is 5.45. The molecule has 124 valence electrons. The molecule has 1 amide bonds. The number of hydrogen-bond donors (Lipinski definition) is 1. The summed E-state index contributed by atoms with van der Waals surface area (Å²) in [6, 6.07) is 10.3. The monoisotopic (exact) mass is 344 g/mol. The topological polar surface area (TPSA) is 71.3 Å². The predicted octanol–water partition coefficient (Wildman–Crippen LogP) is 4.18. The molecule has 24 heavy (non-hydrogen) atoms. The van der Waals surface area contributed by atoms with Crippen molar-refractivity contribution in [3.63, 3.8) is 0 Å². The number of aryl methyl sites for hydroxylation is 1. The molecule has 0 aliphatic heterocycles.